The highest BCUT2D eigenvalue weighted by Crippen LogP contribution is 2.17. The van der Waals surface area contributed by atoms with Crippen molar-refractivity contribution in [2.45, 2.75) is 6.42 Å². The van der Waals surface area contributed by atoms with Crippen LogP contribution >= 0.6 is 0 Å². The molecule has 0 radical (unpaired) electrons. The molecule has 92 valence electrons. The third-order valence-electron chi connectivity index (χ3n) is 2.12. The van der Waals surface area contributed by atoms with Crippen molar-refractivity contribution in [1.82, 2.24) is 5.32 Å². The second kappa shape index (κ2) is 6.87. The topological polar surface area (TPSA) is 88.7 Å². The van der Waals surface area contributed by atoms with Gasteiger partial charge in [0.2, 0.25) is 5.91 Å². The molecule has 0 spiro atoms. The molecule has 0 saturated heterocycles. The molecule has 0 heterocycles. The highest BCUT2D eigenvalue weighted by atomic mass is 19.1. The average molecular weight is 246 g/mol. The first-order chi connectivity index (χ1) is 8.69. The summed E-state index contributed by atoms with van der Waals surface area (Å²) in [5, 5.41) is 22.2. The van der Waals surface area contributed by atoms with Crippen LogP contribution in [0.1, 0.15) is 12.0 Å². The van der Waals surface area contributed by atoms with Gasteiger partial charge in [-0.15, -0.1) is 0 Å². The number of benzene rings is 1. The van der Waals surface area contributed by atoms with Gasteiger partial charge in [0.15, 0.2) is 0 Å². The van der Waals surface area contributed by atoms with E-state index in [1.165, 1.54) is 18.2 Å². The summed E-state index contributed by atoms with van der Waals surface area (Å²) in [6, 6.07) is 7.77. The standard InChI is InChI=1S/C12H11FN4O/c13-10-3-1-4-11(9(10)7-15)17-8-12(18)16-6-2-5-14/h1,3-4,17H,2,6,8H2,(H,16,18). The number of nitrogens with zero attached hydrogens (tertiary/aromatic N) is 2. The Morgan fingerprint density at radius 2 is 2.17 bits per heavy atom. The fourth-order valence-corrected chi connectivity index (χ4v) is 1.28. The highest BCUT2D eigenvalue weighted by molar-refractivity contribution is 5.81. The van der Waals surface area contributed by atoms with Crippen molar-refractivity contribution in [2.24, 2.45) is 0 Å². The minimum atomic E-state index is -0.632. The summed E-state index contributed by atoms with van der Waals surface area (Å²) in [6.07, 6.45) is 0.231. The first-order valence-electron chi connectivity index (χ1n) is 5.25. The zero-order chi connectivity index (χ0) is 13.4. The second-order valence-corrected chi connectivity index (χ2v) is 3.39. The lowest BCUT2D eigenvalue weighted by Crippen LogP contribution is -2.30. The van der Waals surface area contributed by atoms with Gasteiger partial charge in [0, 0.05) is 6.54 Å². The van der Waals surface area contributed by atoms with E-state index in [0.717, 1.165) is 0 Å². The van der Waals surface area contributed by atoms with Crippen molar-refractivity contribution in [3.63, 3.8) is 0 Å². The molecule has 1 aromatic rings. The summed E-state index contributed by atoms with van der Waals surface area (Å²) in [5.41, 5.74) is 0.148. The maximum absolute atomic E-state index is 13.2. The zero-order valence-electron chi connectivity index (χ0n) is 9.53. The molecule has 1 amide bonds. The Hall–Kier alpha value is -2.60. The van der Waals surface area contributed by atoms with Crippen LogP contribution in [0.3, 0.4) is 0 Å². The highest BCUT2D eigenvalue weighted by Gasteiger charge is 2.08. The van der Waals surface area contributed by atoms with Crippen LogP contribution in [-0.2, 0) is 4.79 Å². The molecular weight excluding hydrogens is 235 g/mol. The average Bonchev–Trinajstić information content (AvgIpc) is 2.36. The molecule has 1 rings (SSSR count). The van der Waals surface area contributed by atoms with E-state index in [2.05, 4.69) is 10.6 Å². The largest absolute Gasteiger partial charge is 0.375 e. The molecule has 0 fully saturated rings. The predicted octanol–water partition coefficient (Wildman–Crippen LogP) is 1.14. The fraction of sp³-hybridized carbons (Fsp3) is 0.250. The Bertz CT molecular complexity index is 516. The Labute approximate surface area is 104 Å². The van der Waals surface area contributed by atoms with Gasteiger partial charge >= 0.3 is 0 Å². The lowest BCUT2D eigenvalue weighted by Gasteiger charge is -2.08. The lowest BCUT2D eigenvalue weighted by molar-refractivity contribution is -0.119. The van der Waals surface area contributed by atoms with Gasteiger partial charge in [-0.2, -0.15) is 10.5 Å². The van der Waals surface area contributed by atoms with Gasteiger partial charge in [-0.25, -0.2) is 4.39 Å². The summed E-state index contributed by atoms with van der Waals surface area (Å²) in [4.78, 5) is 11.3. The van der Waals surface area contributed by atoms with E-state index in [1.807, 2.05) is 6.07 Å². The Balaban J connectivity index is 2.54. The number of nitriles is 2. The van der Waals surface area contributed by atoms with Crippen LogP contribution in [0, 0.1) is 28.5 Å². The number of carbonyl (C=O) groups is 1. The van der Waals surface area contributed by atoms with Gasteiger partial charge in [0.1, 0.15) is 17.4 Å². The lowest BCUT2D eigenvalue weighted by atomic mass is 10.2. The Morgan fingerprint density at radius 3 is 2.83 bits per heavy atom. The smallest absolute Gasteiger partial charge is 0.239 e. The van der Waals surface area contributed by atoms with Gasteiger partial charge < -0.3 is 10.6 Å². The van der Waals surface area contributed by atoms with E-state index in [9.17, 15) is 9.18 Å². The van der Waals surface area contributed by atoms with Gasteiger partial charge in [0.05, 0.1) is 24.7 Å². The van der Waals surface area contributed by atoms with E-state index >= 15 is 0 Å². The third kappa shape index (κ3) is 3.76. The van der Waals surface area contributed by atoms with Gasteiger partial charge in [-0.1, -0.05) is 6.07 Å². The summed E-state index contributed by atoms with van der Waals surface area (Å²) >= 11 is 0. The van der Waals surface area contributed by atoms with Crippen LogP contribution < -0.4 is 10.6 Å². The SMILES string of the molecule is N#CCCNC(=O)CNc1cccc(F)c1C#N. The summed E-state index contributed by atoms with van der Waals surface area (Å²) in [7, 11) is 0. The van der Waals surface area contributed by atoms with Crippen molar-refractivity contribution in [3.8, 4) is 12.1 Å². The van der Waals surface area contributed by atoms with Crippen molar-refractivity contribution in [3.05, 3.63) is 29.6 Å². The van der Waals surface area contributed by atoms with E-state index in [1.54, 1.807) is 6.07 Å². The molecule has 0 unspecified atom stereocenters. The number of hydrogen-bond donors (Lipinski definition) is 2. The van der Waals surface area contributed by atoms with Crippen LogP contribution in [-0.4, -0.2) is 19.0 Å². The Morgan fingerprint density at radius 1 is 1.39 bits per heavy atom. The van der Waals surface area contributed by atoms with Gasteiger partial charge in [-0.05, 0) is 12.1 Å². The molecule has 0 aliphatic heterocycles. The summed E-state index contributed by atoms with van der Waals surface area (Å²) < 4.78 is 13.2. The number of carbonyl (C=O) groups excluding carboxylic acids is 1. The van der Waals surface area contributed by atoms with E-state index in [-0.39, 0.29) is 36.7 Å². The predicted molar refractivity (Wildman–Crippen MR) is 62.8 cm³/mol. The van der Waals surface area contributed by atoms with Crippen molar-refractivity contribution in [1.29, 1.82) is 10.5 Å². The number of anilines is 1. The first kappa shape index (κ1) is 13.5. The quantitative estimate of drug-likeness (QED) is 0.762. The number of halogens is 1. The van der Waals surface area contributed by atoms with Gasteiger partial charge in [0.25, 0.3) is 0 Å². The van der Waals surface area contributed by atoms with Crippen LogP contribution in [0.2, 0.25) is 0 Å². The second-order valence-electron chi connectivity index (χ2n) is 3.39. The third-order valence-corrected chi connectivity index (χ3v) is 2.12. The molecule has 5 nitrogen and oxygen atoms in total. The first-order valence-corrected chi connectivity index (χ1v) is 5.25. The van der Waals surface area contributed by atoms with Crippen LogP contribution in [0.25, 0.3) is 0 Å². The molecule has 0 aliphatic carbocycles. The number of rotatable bonds is 5. The molecule has 0 aliphatic rings. The molecule has 0 bridgehead atoms. The number of amides is 1. The minimum absolute atomic E-state index is 0.0798. The molecule has 18 heavy (non-hydrogen) atoms. The van der Waals surface area contributed by atoms with Crippen LogP contribution in [0.15, 0.2) is 18.2 Å². The minimum Gasteiger partial charge on any atom is -0.375 e. The molecule has 0 saturated carbocycles. The number of nitrogens with one attached hydrogen (secondary N) is 2. The van der Waals surface area contributed by atoms with Crippen LogP contribution in [0.4, 0.5) is 10.1 Å². The normalized spacial score (nSPS) is 9.06. The van der Waals surface area contributed by atoms with E-state index in [4.69, 9.17) is 10.5 Å². The molecule has 6 heteroatoms. The maximum atomic E-state index is 13.2. The van der Waals surface area contributed by atoms with Crippen molar-refractivity contribution < 1.29 is 9.18 Å². The van der Waals surface area contributed by atoms with Crippen molar-refractivity contribution >= 4 is 11.6 Å². The monoisotopic (exact) mass is 246 g/mol. The van der Waals surface area contributed by atoms with Crippen molar-refractivity contribution in [2.75, 3.05) is 18.4 Å². The van der Waals surface area contributed by atoms with Gasteiger partial charge in [-0.3, -0.25) is 4.79 Å². The zero-order valence-corrected chi connectivity index (χ0v) is 9.53. The Kier molecular flexibility index (Phi) is 5.14. The van der Waals surface area contributed by atoms with Crippen LogP contribution in [0.5, 0.6) is 0 Å². The molecule has 1 aromatic carbocycles. The van der Waals surface area contributed by atoms with E-state index in [0.29, 0.717) is 0 Å². The summed E-state index contributed by atoms with van der Waals surface area (Å²) in [5.74, 6) is -0.953. The number of hydrogen-bond acceptors (Lipinski definition) is 4. The van der Waals surface area contributed by atoms with E-state index < -0.39 is 5.82 Å². The molecule has 0 atom stereocenters. The summed E-state index contributed by atoms with van der Waals surface area (Å²) in [6.45, 7) is 0.189. The molecule has 2 N–H and O–H groups in total. The fourth-order valence-electron chi connectivity index (χ4n) is 1.28. The maximum Gasteiger partial charge on any atom is 0.239 e. The molecule has 0 aromatic heterocycles. The molecular formula is C12H11FN4O.